The fourth-order valence-corrected chi connectivity index (χ4v) is 3.74. The Morgan fingerprint density at radius 3 is 1.53 bits per heavy atom. The highest BCUT2D eigenvalue weighted by Crippen LogP contribution is 2.21. The second-order valence-electron chi connectivity index (χ2n) is 8.90. The summed E-state index contributed by atoms with van der Waals surface area (Å²) in [7, 11) is 0. The van der Waals surface area contributed by atoms with Gasteiger partial charge in [0.2, 0.25) is 0 Å². The minimum absolute atomic E-state index is 0.117. The monoisotopic (exact) mass is 519 g/mol. The minimum Gasteiger partial charge on any atom is -0.494 e. The van der Waals surface area contributed by atoms with Crippen LogP contribution >= 0.6 is 0 Å². The lowest BCUT2D eigenvalue weighted by atomic mass is 10.1. The van der Waals surface area contributed by atoms with Gasteiger partial charge in [0, 0.05) is 12.1 Å². The van der Waals surface area contributed by atoms with Gasteiger partial charge < -0.3 is 14.2 Å². The van der Waals surface area contributed by atoms with Crippen LogP contribution < -0.4 is 14.2 Å². The first-order chi connectivity index (χ1) is 18.5. The molecule has 0 radical (unpaired) electrons. The summed E-state index contributed by atoms with van der Waals surface area (Å²) in [6.07, 6.45) is 9.92. The predicted molar refractivity (Wildman–Crippen MR) is 144 cm³/mol. The van der Waals surface area contributed by atoms with E-state index in [9.17, 15) is 19.7 Å². The summed E-state index contributed by atoms with van der Waals surface area (Å²) >= 11 is 0. The zero-order valence-corrected chi connectivity index (χ0v) is 21.6. The van der Waals surface area contributed by atoms with Gasteiger partial charge in [-0.3, -0.25) is 10.1 Å². The Kier molecular flexibility index (Phi) is 11.3. The molecule has 0 bridgehead atoms. The molecule has 0 fully saturated rings. The molecule has 0 saturated carbocycles. The Morgan fingerprint density at radius 1 is 0.632 bits per heavy atom. The van der Waals surface area contributed by atoms with E-state index >= 15 is 0 Å². The zero-order chi connectivity index (χ0) is 27.2. The van der Waals surface area contributed by atoms with Crippen molar-refractivity contribution in [2.75, 3.05) is 6.61 Å². The molecule has 3 aromatic rings. The normalized spacial score (nSPS) is 10.6. The largest absolute Gasteiger partial charge is 0.494 e. The van der Waals surface area contributed by atoms with Crippen molar-refractivity contribution in [3.05, 3.63) is 94.0 Å². The molecule has 0 saturated heterocycles. The van der Waals surface area contributed by atoms with Gasteiger partial charge in [-0.25, -0.2) is 9.59 Å². The molecule has 0 spiro atoms. The van der Waals surface area contributed by atoms with Gasteiger partial charge in [0.1, 0.15) is 17.2 Å². The quantitative estimate of drug-likeness (QED) is 0.0671. The van der Waals surface area contributed by atoms with Crippen molar-refractivity contribution in [1.82, 2.24) is 0 Å². The SMILES string of the molecule is CCCCCCCCCCOc1ccc(C(=O)Oc2ccc(OC(=O)c3ccc([N+](=O)[O-])cc3)cc2)cc1. The number of rotatable bonds is 15. The molecule has 8 heteroatoms. The number of nitro benzene ring substituents is 1. The number of benzene rings is 3. The Morgan fingerprint density at radius 2 is 1.05 bits per heavy atom. The van der Waals surface area contributed by atoms with Crippen LogP contribution in [0.5, 0.6) is 17.2 Å². The van der Waals surface area contributed by atoms with Crippen molar-refractivity contribution in [1.29, 1.82) is 0 Å². The predicted octanol–water partition coefficient (Wildman–Crippen LogP) is 7.55. The number of nitrogens with zero attached hydrogens (tertiary/aromatic N) is 1. The maximum Gasteiger partial charge on any atom is 0.343 e. The van der Waals surface area contributed by atoms with Gasteiger partial charge in [-0.1, -0.05) is 51.9 Å². The minimum atomic E-state index is -0.658. The summed E-state index contributed by atoms with van der Waals surface area (Å²) in [6, 6.07) is 17.9. The Bertz CT molecular complexity index is 1170. The molecule has 8 nitrogen and oxygen atoms in total. The van der Waals surface area contributed by atoms with Crippen LogP contribution in [0, 0.1) is 10.1 Å². The molecule has 0 N–H and O–H groups in total. The number of nitro groups is 1. The Balaban J connectivity index is 1.40. The van der Waals surface area contributed by atoms with Crippen LogP contribution in [0.2, 0.25) is 0 Å². The molecule has 38 heavy (non-hydrogen) atoms. The second-order valence-corrected chi connectivity index (χ2v) is 8.90. The molecule has 0 aliphatic heterocycles. The molecule has 0 aliphatic rings. The van der Waals surface area contributed by atoms with E-state index < -0.39 is 16.9 Å². The van der Waals surface area contributed by atoms with Crippen LogP contribution in [0.3, 0.4) is 0 Å². The van der Waals surface area contributed by atoms with Crippen LogP contribution in [0.25, 0.3) is 0 Å². The average molecular weight is 520 g/mol. The topological polar surface area (TPSA) is 105 Å². The van der Waals surface area contributed by atoms with Gasteiger partial charge in [0.15, 0.2) is 0 Å². The van der Waals surface area contributed by atoms with Crippen molar-refractivity contribution < 1.29 is 28.7 Å². The number of non-ortho nitro benzene ring substituents is 1. The summed E-state index contributed by atoms with van der Waals surface area (Å²) in [5.74, 6) is 0.0691. The molecule has 0 aliphatic carbocycles. The Hall–Kier alpha value is -4.20. The van der Waals surface area contributed by atoms with Crippen molar-refractivity contribution in [2.45, 2.75) is 58.3 Å². The van der Waals surface area contributed by atoms with Crippen molar-refractivity contribution in [3.8, 4) is 17.2 Å². The highest BCUT2D eigenvalue weighted by molar-refractivity contribution is 5.92. The van der Waals surface area contributed by atoms with Gasteiger partial charge in [-0.2, -0.15) is 0 Å². The van der Waals surface area contributed by atoms with Crippen molar-refractivity contribution >= 4 is 17.6 Å². The lowest BCUT2D eigenvalue weighted by Crippen LogP contribution is -2.09. The standard InChI is InChI=1S/C30H33NO7/c1-2-3-4-5-6-7-8-9-22-36-26-16-12-24(13-17-26)30(33)38-28-20-18-27(19-21-28)37-29(32)23-10-14-25(15-11-23)31(34)35/h10-21H,2-9,22H2,1H3. The van der Waals surface area contributed by atoms with Gasteiger partial charge in [-0.05, 0) is 67.1 Å². The highest BCUT2D eigenvalue weighted by Gasteiger charge is 2.13. The number of carbonyl (C=O) groups is 2. The maximum absolute atomic E-state index is 12.5. The lowest BCUT2D eigenvalue weighted by molar-refractivity contribution is -0.384. The summed E-state index contributed by atoms with van der Waals surface area (Å²) < 4.78 is 16.4. The summed E-state index contributed by atoms with van der Waals surface area (Å²) in [5.41, 5.74) is 0.447. The molecule has 3 aromatic carbocycles. The Labute approximate surface area is 222 Å². The van der Waals surface area contributed by atoms with E-state index in [0.717, 1.165) is 12.8 Å². The van der Waals surface area contributed by atoms with E-state index in [2.05, 4.69) is 6.92 Å². The fourth-order valence-electron chi connectivity index (χ4n) is 3.74. The average Bonchev–Trinajstić information content (AvgIpc) is 2.93. The van der Waals surface area contributed by atoms with Crippen LogP contribution in [-0.4, -0.2) is 23.5 Å². The third kappa shape index (κ3) is 9.35. The summed E-state index contributed by atoms with van der Waals surface area (Å²) in [6.45, 7) is 2.88. The molecule has 0 atom stereocenters. The third-order valence-electron chi connectivity index (χ3n) is 5.92. The van der Waals surface area contributed by atoms with Gasteiger partial charge in [0.25, 0.3) is 5.69 Å². The second kappa shape index (κ2) is 15.1. The lowest BCUT2D eigenvalue weighted by Gasteiger charge is -2.08. The smallest absolute Gasteiger partial charge is 0.343 e. The molecular weight excluding hydrogens is 486 g/mol. The van der Waals surface area contributed by atoms with E-state index in [4.69, 9.17) is 14.2 Å². The van der Waals surface area contributed by atoms with E-state index in [1.807, 2.05) is 0 Å². The first-order valence-electron chi connectivity index (χ1n) is 13.0. The molecular formula is C30H33NO7. The van der Waals surface area contributed by atoms with Gasteiger partial charge >= 0.3 is 11.9 Å². The maximum atomic E-state index is 12.5. The number of carbonyl (C=O) groups excluding carboxylic acids is 2. The summed E-state index contributed by atoms with van der Waals surface area (Å²) in [4.78, 5) is 34.9. The molecule has 0 heterocycles. The first-order valence-corrected chi connectivity index (χ1v) is 13.0. The van der Waals surface area contributed by atoms with E-state index in [-0.39, 0.29) is 17.0 Å². The van der Waals surface area contributed by atoms with Crippen LogP contribution in [0.15, 0.2) is 72.8 Å². The van der Waals surface area contributed by atoms with Crippen LogP contribution in [-0.2, 0) is 0 Å². The number of hydrogen-bond donors (Lipinski definition) is 0. The van der Waals surface area contributed by atoms with E-state index in [1.54, 1.807) is 24.3 Å². The summed E-state index contributed by atoms with van der Waals surface area (Å²) in [5, 5.41) is 10.7. The molecule has 200 valence electrons. The van der Waals surface area contributed by atoms with Gasteiger partial charge in [0.05, 0.1) is 22.7 Å². The van der Waals surface area contributed by atoms with Crippen LogP contribution in [0.1, 0.15) is 79.0 Å². The fraction of sp³-hybridized carbons (Fsp3) is 0.333. The number of unbranched alkanes of at least 4 members (excludes halogenated alkanes) is 7. The molecule has 0 amide bonds. The highest BCUT2D eigenvalue weighted by atomic mass is 16.6. The van der Waals surface area contributed by atoms with Crippen molar-refractivity contribution in [2.24, 2.45) is 0 Å². The number of ether oxygens (including phenoxy) is 3. The van der Waals surface area contributed by atoms with E-state index in [1.165, 1.54) is 87.1 Å². The molecule has 0 unspecified atom stereocenters. The molecule has 0 aromatic heterocycles. The van der Waals surface area contributed by atoms with E-state index in [0.29, 0.717) is 23.7 Å². The first kappa shape index (κ1) is 28.4. The molecule has 3 rings (SSSR count). The van der Waals surface area contributed by atoms with Crippen LogP contribution in [0.4, 0.5) is 5.69 Å². The third-order valence-corrected chi connectivity index (χ3v) is 5.92. The van der Waals surface area contributed by atoms with Crippen molar-refractivity contribution in [3.63, 3.8) is 0 Å². The number of hydrogen-bond acceptors (Lipinski definition) is 7. The number of esters is 2. The zero-order valence-electron chi connectivity index (χ0n) is 21.6. The van der Waals surface area contributed by atoms with Gasteiger partial charge in [-0.15, -0.1) is 0 Å².